The molecule has 0 saturated heterocycles. The second kappa shape index (κ2) is 6.85. The molecule has 0 saturated carbocycles. The minimum Gasteiger partial charge on any atom is -0.289 e. The number of anilines is 1. The number of carbonyl (C=O) groups is 2. The summed E-state index contributed by atoms with van der Waals surface area (Å²) in [6.45, 7) is 3.77. The van der Waals surface area contributed by atoms with Crippen molar-refractivity contribution in [2.45, 2.75) is 20.3 Å². The molecule has 0 radical (unpaired) electrons. The molecule has 0 N–H and O–H groups in total. The van der Waals surface area contributed by atoms with Crippen molar-refractivity contribution in [3.05, 3.63) is 78.4 Å². The Morgan fingerprint density at radius 1 is 1.08 bits per heavy atom. The number of hydrogen-bond donors (Lipinski definition) is 0. The maximum Gasteiger partial charge on any atom is 0.263 e. The average Bonchev–Trinajstić information content (AvgIpc) is 2.92. The van der Waals surface area contributed by atoms with Crippen LogP contribution >= 0.6 is 0 Å². The minimum atomic E-state index is -0.875. The van der Waals surface area contributed by atoms with Crippen molar-refractivity contribution in [1.82, 2.24) is 0 Å². The third-order valence-electron chi connectivity index (χ3n) is 4.61. The SMILES string of the molecule is CC[C@]1(/C=C\C(=O)c2ccccc2)C(=O)N(c2ccccc2)N=C1C. The van der Waals surface area contributed by atoms with E-state index in [0.717, 1.165) is 5.69 Å². The fraction of sp³-hybridized carbons (Fsp3) is 0.190. The second-order valence-electron chi connectivity index (χ2n) is 6.03. The van der Waals surface area contributed by atoms with Crippen molar-refractivity contribution in [2.24, 2.45) is 10.5 Å². The first-order valence-corrected chi connectivity index (χ1v) is 8.32. The molecule has 0 spiro atoms. The Labute approximate surface area is 147 Å². The molecule has 2 aromatic rings. The smallest absolute Gasteiger partial charge is 0.263 e. The molecule has 0 bridgehead atoms. The molecule has 0 aliphatic carbocycles. The lowest BCUT2D eigenvalue weighted by Gasteiger charge is -2.23. The summed E-state index contributed by atoms with van der Waals surface area (Å²) in [5, 5.41) is 5.88. The molecule has 4 nitrogen and oxygen atoms in total. The standard InChI is InChI=1S/C21H20N2O2/c1-3-21(15-14-19(24)17-10-6-4-7-11-17)16(2)22-23(20(21)25)18-12-8-5-9-13-18/h4-15H,3H2,1-2H3/b15-14-/t21-/m1/s1. The van der Waals surface area contributed by atoms with Gasteiger partial charge in [-0.2, -0.15) is 10.1 Å². The third kappa shape index (κ3) is 3.03. The van der Waals surface area contributed by atoms with Crippen molar-refractivity contribution in [3.8, 4) is 0 Å². The van der Waals surface area contributed by atoms with Gasteiger partial charge < -0.3 is 0 Å². The van der Waals surface area contributed by atoms with E-state index in [2.05, 4.69) is 5.10 Å². The lowest BCUT2D eigenvalue weighted by atomic mass is 9.79. The Morgan fingerprint density at radius 3 is 2.28 bits per heavy atom. The number of rotatable bonds is 5. The molecule has 1 amide bonds. The van der Waals surface area contributed by atoms with Gasteiger partial charge in [0.15, 0.2) is 5.78 Å². The molecule has 25 heavy (non-hydrogen) atoms. The monoisotopic (exact) mass is 332 g/mol. The van der Waals surface area contributed by atoms with Crippen molar-refractivity contribution < 1.29 is 9.59 Å². The van der Waals surface area contributed by atoms with Crippen LogP contribution in [-0.4, -0.2) is 17.4 Å². The lowest BCUT2D eigenvalue weighted by molar-refractivity contribution is -0.122. The van der Waals surface area contributed by atoms with E-state index < -0.39 is 5.41 Å². The molecule has 0 aromatic heterocycles. The molecule has 1 aliphatic heterocycles. The zero-order valence-electron chi connectivity index (χ0n) is 14.3. The molecule has 0 fully saturated rings. The molecule has 4 heteroatoms. The normalized spacial score (nSPS) is 20.2. The molecule has 2 aromatic carbocycles. The van der Waals surface area contributed by atoms with E-state index in [-0.39, 0.29) is 11.7 Å². The maximum atomic E-state index is 13.1. The van der Waals surface area contributed by atoms with Crippen molar-refractivity contribution in [1.29, 1.82) is 0 Å². The number of amides is 1. The number of allylic oxidation sites excluding steroid dienone is 1. The number of carbonyl (C=O) groups excluding carboxylic acids is 2. The summed E-state index contributed by atoms with van der Waals surface area (Å²) in [6.07, 6.45) is 3.74. The van der Waals surface area contributed by atoms with Crippen LogP contribution in [0.4, 0.5) is 5.69 Å². The van der Waals surface area contributed by atoms with Gasteiger partial charge in [-0.25, -0.2) is 0 Å². The summed E-state index contributed by atoms with van der Waals surface area (Å²) in [5.41, 5.74) is 1.15. The lowest BCUT2D eigenvalue weighted by Crippen LogP contribution is -2.37. The third-order valence-corrected chi connectivity index (χ3v) is 4.61. The second-order valence-corrected chi connectivity index (χ2v) is 6.03. The first-order chi connectivity index (χ1) is 12.1. The number of nitrogens with zero attached hydrogens (tertiary/aromatic N) is 2. The number of ketones is 1. The highest BCUT2D eigenvalue weighted by Crippen LogP contribution is 2.37. The van der Waals surface area contributed by atoms with Gasteiger partial charge in [0.25, 0.3) is 5.91 Å². The predicted molar refractivity (Wildman–Crippen MR) is 99.7 cm³/mol. The van der Waals surface area contributed by atoms with Crippen molar-refractivity contribution in [3.63, 3.8) is 0 Å². The van der Waals surface area contributed by atoms with Crippen LogP contribution in [0.1, 0.15) is 30.6 Å². The van der Waals surface area contributed by atoms with Gasteiger partial charge in [-0.1, -0.05) is 61.5 Å². The summed E-state index contributed by atoms with van der Waals surface area (Å²) in [4.78, 5) is 25.4. The zero-order valence-corrected chi connectivity index (χ0v) is 14.3. The van der Waals surface area contributed by atoms with E-state index in [1.807, 2.05) is 62.4 Å². The van der Waals surface area contributed by atoms with Crippen LogP contribution < -0.4 is 5.01 Å². The van der Waals surface area contributed by atoms with Gasteiger partial charge in [-0.3, -0.25) is 9.59 Å². The van der Waals surface area contributed by atoms with Gasteiger partial charge >= 0.3 is 0 Å². The number of hydrogen-bond acceptors (Lipinski definition) is 3. The van der Waals surface area contributed by atoms with Crippen LogP contribution in [0.15, 0.2) is 77.9 Å². The van der Waals surface area contributed by atoms with E-state index in [4.69, 9.17) is 0 Å². The molecule has 1 aliphatic rings. The van der Waals surface area contributed by atoms with Gasteiger partial charge in [0.2, 0.25) is 0 Å². The molecule has 3 rings (SSSR count). The van der Waals surface area contributed by atoms with Gasteiger partial charge in [0, 0.05) is 5.56 Å². The quantitative estimate of drug-likeness (QED) is 0.607. The van der Waals surface area contributed by atoms with E-state index in [9.17, 15) is 9.59 Å². The first kappa shape index (κ1) is 16.8. The highest BCUT2D eigenvalue weighted by atomic mass is 16.2. The highest BCUT2D eigenvalue weighted by molar-refractivity contribution is 6.20. The summed E-state index contributed by atoms with van der Waals surface area (Å²) in [7, 11) is 0. The van der Waals surface area contributed by atoms with Gasteiger partial charge in [-0.05, 0) is 31.6 Å². The first-order valence-electron chi connectivity index (χ1n) is 8.32. The fourth-order valence-corrected chi connectivity index (χ4v) is 3.01. The summed E-state index contributed by atoms with van der Waals surface area (Å²) in [6, 6.07) is 18.4. The predicted octanol–water partition coefficient (Wildman–Crippen LogP) is 4.24. The van der Waals surface area contributed by atoms with E-state index >= 15 is 0 Å². The maximum absolute atomic E-state index is 13.1. The van der Waals surface area contributed by atoms with Crippen LogP contribution in [0, 0.1) is 5.41 Å². The Kier molecular flexibility index (Phi) is 4.61. The summed E-state index contributed by atoms with van der Waals surface area (Å²) in [5.74, 6) is -0.247. The molecule has 126 valence electrons. The Morgan fingerprint density at radius 2 is 1.68 bits per heavy atom. The van der Waals surface area contributed by atoms with Gasteiger partial charge in [-0.15, -0.1) is 0 Å². The molecule has 1 heterocycles. The number of benzene rings is 2. The average molecular weight is 332 g/mol. The fourth-order valence-electron chi connectivity index (χ4n) is 3.01. The van der Waals surface area contributed by atoms with Crippen LogP contribution in [0.5, 0.6) is 0 Å². The summed E-state index contributed by atoms with van der Waals surface area (Å²) < 4.78 is 0. The van der Waals surface area contributed by atoms with Gasteiger partial charge in [0.05, 0.1) is 11.4 Å². The van der Waals surface area contributed by atoms with Crippen molar-refractivity contribution in [2.75, 3.05) is 5.01 Å². The van der Waals surface area contributed by atoms with Crippen LogP contribution in [0.3, 0.4) is 0 Å². The van der Waals surface area contributed by atoms with Gasteiger partial charge in [0.1, 0.15) is 5.41 Å². The topological polar surface area (TPSA) is 49.7 Å². The van der Waals surface area contributed by atoms with Crippen LogP contribution in [0.2, 0.25) is 0 Å². The zero-order chi connectivity index (χ0) is 17.9. The Bertz CT molecular complexity index is 841. The highest BCUT2D eigenvalue weighted by Gasteiger charge is 2.46. The van der Waals surface area contributed by atoms with E-state index in [1.165, 1.54) is 11.1 Å². The van der Waals surface area contributed by atoms with Crippen molar-refractivity contribution >= 4 is 23.1 Å². The molecule has 1 atom stereocenters. The Balaban J connectivity index is 1.90. The van der Waals surface area contributed by atoms with E-state index in [1.54, 1.807) is 18.2 Å². The minimum absolute atomic E-state index is 0.118. The molecular formula is C21H20N2O2. The van der Waals surface area contributed by atoms with Crippen LogP contribution in [-0.2, 0) is 4.79 Å². The van der Waals surface area contributed by atoms with E-state index in [0.29, 0.717) is 17.7 Å². The largest absolute Gasteiger partial charge is 0.289 e. The number of hydrazone groups is 1. The molecule has 0 unspecified atom stereocenters. The molecular weight excluding hydrogens is 312 g/mol. The Hall–Kier alpha value is -3.01. The number of para-hydroxylation sites is 1. The summed E-state index contributed by atoms with van der Waals surface area (Å²) >= 11 is 0. The van der Waals surface area contributed by atoms with Crippen LogP contribution in [0.25, 0.3) is 0 Å².